The van der Waals surface area contributed by atoms with Gasteiger partial charge >= 0.3 is 5.97 Å². The second-order valence-electron chi connectivity index (χ2n) is 10.4. The first-order valence-corrected chi connectivity index (χ1v) is 12.8. The van der Waals surface area contributed by atoms with Crippen LogP contribution in [0.3, 0.4) is 0 Å². The number of carboxylic acid groups (broad SMARTS) is 1. The number of hydrogen-bond acceptors (Lipinski definition) is 9. The maximum absolute atomic E-state index is 13.8. The number of aliphatic hydroxyl groups is 4. The molecule has 1 aromatic carbocycles. The van der Waals surface area contributed by atoms with E-state index in [1.807, 2.05) is 24.3 Å². The highest BCUT2D eigenvalue weighted by Crippen LogP contribution is 2.49. The number of carbonyl (C=O) groups excluding carboxylic acids is 1. The number of aromatic amines is 1. The van der Waals surface area contributed by atoms with E-state index < -0.39 is 79.4 Å². The Bertz CT molecular complexity index is 1340. The Morgan fingerprint density at radius 3 is 2.67 bits per heavy atom. The Hall–Kier alpha value is -3.26. The lowest BCUT2D eigenvalue weighted by Gasteiger charge is -2.49. The molecule has 208 valence electrons. The van der Waals surface area contributed by atoms with Crippen LogP contribution in [-0.4, -0.2) is 96.9 Å². The summed E-state index contributed by atoms with van der Waals surface area (Å²) in [5.74, 6) is -2.62. The Balaban J connectivity index is 1.33. The molecule has 1 amide bonds. The summed E-state index contributed by atoms with van der Waals surface area (Å²) in [6.07, 6.45) is -5.14. The van der Waals surface area contributed by atoms with Crippen molar-refractivity contribution in [1.29, 1.82) is 0 Å². The minimum absolute atomic E-state index is 0.170. The van der Waals surface area contributed by atoms with E-state index in [1.54, 1.807) is 6.08 Å². The van der Waals surface area contributed by atoms with Crippen LogP contribution in [-0.2, 0) is 30.2 Å². The van der Waals surface area contributed by atoms with E-state index >= 15 is 0 Å². The van der Waals surface area contributed by atoms with Crippen LogP contribution in [0.4, 0.5) is 0 Å². The van der Waals surface area contributed by atoms with E-state index in [-0.39, 0.29) is 12.0 Å². The number of ether oxygens (including phenoxy) is 3. The zero-order chi connectivity index (χ0) is 27.6. The molecule has 12 nitrogen and oxygen atoms in total. The lowest BCUT2D eigenvalue weighted by Crippen LogP contribution is -2.60. The van der Waals surface area contributed by atoms with Crippen molar-refractivity contribution >= 4 is 22.8 Å². The summed E-state index contributed by atoms with van der Waals surface area (Å²) in [7, 11) is 0. The Morgan fingerprint density at radius 2 is 1.95 bits per heavy atom. The van der Waals surface area contributed by atoms with E-state index in [0.717, 1.165) is 22.2 Å². The Kier molecular flexibility index (Phi) is 6.49. The molecule has 6 rings (SSSR count). The summed E-state index contributed by atoms with van der Waals surface area (Å²) >= 11 is 0. The molecule has 4 aliphatic heterocycles. The summed E-state index contributed by atoms with van der Waals surface area (Å²) < 4.78 is 17.1. The first kappa shape index (κ1) is 26.0. The number of nitrogens with zero attached hydrogens (tertiary/aromatic N) is 1. The number of amides is 1. The molecule has 5 heterocycles. The van der Waals surface area contributed by atoms with Gasteiger partial charge in [0.15, 0.2) is 6.29 Å². The van der Waals surface area contributed by atoms with Crippen molar-refractivity contribution in [3.63, 3.8) is 0 Å². The van der Waals surface area contributed by atoms with Crippen LogP contribution in [0, 0.1) is 11.8 Å². The third kappa shape index (κ3) is 3.98. The van der Waals surface area contributed by atoms with Crippen molar-refractivity contribution in [1.82, 2.24) is 9.88 Å². The molecule has 2 aromatic rings. The van der Waals surface area contributed by atoms with Crippen molar-refractivity contribution in [2.45, 2.75) is 61.9 Å². The monoisotopic (exact) mass is 542 g/mol. The normalized spacial score (nSPS) is 37.8. The second-order valence-corrected chi connectivity index (χ2v) is 10.4. The maximum atomic E-state index is 13.8. The minimum Gasteiger partial charge on any atom is -0.480 e. The van der Waals surface area contributed by atoms with Gasteiger partial charge in [-0.15, -0.1) is 6.58 Å². The van der Waals surface area contributed by atoms with Gasteiger partial charge < -0.3 is 49.6 Å². The van der Waals surface area contributed by atoms with Gasteiger partial charge in [0.25, 0.3) is 5.91 Å². The molecule has 2 saturated heterocycles. The molecule has 0 unspecified atom stereocenters. The minimum atomic E-state index is -1.63. The molecule has 12 heteroatoms. The highest BCUT2D eigenvalue weighted by Gasteiger charge is 2.53. The van der Waals surface area contributed by atoms with Gasteiger partial charge in [0.1, 0.15) is 30.5 Å². The number of aliphatic carboxylic acids is 1. The van der Waals surface area contributed by atoms with Crippen molar-refractivity contribution < 1.29 is 49.3 Å². The number of aliphatic hydroxyl groups excluding tert-OH is 4. The number of aromatic nitrogens is 1. The standard InChI is InChI=1S/C27H30N2O10/c1-2-11-13-7-17-20-14(12-5-3-4-6-16(12)28-20)8-18(25(35)36)29(17)24(34)15(13)10-37-26(11)39-27-23(33)22(32)21(31)19(9-30)38-27/h2-6,10-11,13,17-19,21-23,26-28,30-33H,1,7-9H2,(H,35,36)/t11-,13+,17+,18+,19-,21-,22+,23-,26+,27+/m1/s1. The number of rotatable bonds is 5. The second kappa shape index (κ2) is 9.73. The fourth-order valence-corrected chi connectivity index (χ4v) is 6.40. The number of H-pyrrole nitrogens is 1. The van der Waals surface area contributed by atoms with E-state index in [4.69, 9.17) is 14.2 Å². The van der Waals surface area contributed by atoms with Crippen LogP contribution in [0.25, 0.3) is 10.9 Å². The highest BCUT2D eigenvalue weighted by molar-refractivity contribution is 5.99. The quantitative estimate of drug-likeness (QED) is 0.280. The van der Waals surface area contributed by atoms with E-state index in [9.17, 15) is 35.1 Å². The summed E-state index contributed by atoms with van der Waals surface area (Å²) in [6, 6.07) is 6.01. The molecular weight excluding hydrogens is 512 g/mol. The molecule has 0 spiro atoms. The lowest BCUT2D eigenvalue weighted by molar-refractivity contribution is -0.339. The van der Waals surface area contributed by atoms with E-state index in [0.29, 0.717) is 6.42 Å². The highest BCUT2D eigenvalue weighted by atomic mass is 16.8. The molecule has 1 aromatic heterocycles. The van der Waals surface area contributed by atoms with Gasteiger partial charge in [0.2, 0.25) is 6.29 Å². The molecule has 6 N–H and O–H groups in total. The van der Waals surface area contributed by atoms with Gasteiger partial charge in [-0.05, 0) is 18.1 Å². The van der Waals surface area contributed by atoms with Crippen LogP contribution in [0.1, 0.15) is 23.7 Å². The van der Waals surface area contributed by atoms with Gasteiger partial charge in [-0.3, -0.25) is 4.79 Å². The van der Waals surface area contributed by atoms with Crippen LogP contribution in [0.15, 0.2) is 48.8 Å². The topological polar surface area (TPSA) is 182 Å². The predicted octanol–water partition coefficient (Wildman–Crippen LogP) is -0.0743. The lowest BCUT2D eigenvalue weighted by atomic mass is 9.73. The van der Waals surface area contributed by atoms with Gasteiger partial charge in [-0.1, -0.05) is 24.3 Å². The molecule has 0 saturated carbocycles. The van der Waals surface area contributed by atoms with Crippen LogP contribution < -0.4 is 0 Å². The van der Waals surface area contributed by atoms with Crippen molar-refractivity contribution in [2.24, 2.45) is 11.8 Å². The first-order chi connectivity index (χ1) is 18.7. The largest absolute Gasteiger partial charge is 0.480 e. The van der Waals surface area contributed by atoms with Crippen molar-refractivity contribution in [3.8, 4) is 0 Å². The number of nitrogens with one attached hydrogen (secondary N) is 1. The van der Waals surface area contributed by atoms with E-state index in [1.165, 1.54) is 11.2 Å². The van der Waals surface area contributed by atoms with E-state index in [2.05, 4.69) is 11.6 Å². The molecule has 39 heavy (non-hydrogen) atoms. The third-order valence-electron chi connectivity index (χ3n) is 8.39. The molecule has 10 atom stereocenters. The van der Waals surface area contributed by atoms with Crippen LogP contribution >= 0.6 is 0 Å². The summed E-state index contributed by atoms with van der Waals surface area (Å²) in [5.41, 5.74) is 2.81. The van der Waals surface area contributed by atoms with Gasteiger partial charge in [-0.25, -0.2) is 4.79 Å². The molecule has 0 aliphatic carbocycles. The average Bonchev–Trinajstić information content (AvgIpc) is 3.31. The number of benzene rings is 1. The zero-order valence-corrected chi connectivity index (χ0v) is 20.8. The maximum Gasteiger partial charge on any atom is 0.326 e. The first-order valence-electron chi connectivity index (χ1n) is 12.8. The molecule has 2 fully saturated rings. The number of piperidine rings is 1. The fraction of sp³-hybridized carbons (Fsp3) is 0.481. The molecule has 4 aliphatic rings. The predicted molar refractivity (Wildman–Crippen MR) is 133 cm³/mol. The van der Waals surface area contributed by atoms with Gasteiger partial charge in [-0.2, -0.15) is 0 Å². The number of carboxylic acids is 1. The third-order valence-corrected chi connectivity index (χ3v) is 8.39. The SMILES string of the molecule is C=C[C@H]1[C@H](O[C@@H]2O[C@H](CO)[C@@H](O)[C@H](O)[C@H]2O)OC=C2C(=O)N3[C@H](C(=O)O)Cc4c([nH]c5ccccc45)[C@@H]3C[C@H]21. The Morgan fingerprint density at radius 1 is 1.18 bits per heavy atom. The van der Waals surface area contributed by atoms with Gasteiger partial charge in [0.05, 0.1) is 24.5 Å². The smallest absolute Gasteiger partial charge is 0.326 e. The average molecular weight is 543 g/mol. The number of hydrogen-bond donors (Lipinski definition) is 6. The number of carbonyl (C=O) groups is 2. The van der Waals surface area contributed by atoms with Gasteiger partial charge in [0, 0.05) is 34.9 Å². The molecular formula is C27H30N2O10. The molecule has 0 radical (unpaired) electrons. The molecule has 0 bridgehead atoms. The van der Waals surface area contributed by atoms with Crippen LogP contribution in [0.5, 0.6) is 0 Å². The van der Waals surface area contributed by atoms with Crippen molar-refractivity contribution in [3.05, 3.63) is 60.0 Å². The van der Waals surface area contributed by atoms with Crippen LogP contribution in [0.2, 0.25) is 0 Å². The summed E-state index contributed by atoms with van der Waals surface area (Å²) in [5, 5.41) is 51.1. The number of fused-ring (bicyclic) bond motifs is 6. The fourth-order valence-electron chi connectivity index (χ4n) is 6.40. The zero-order valence-electron chi connectivity index (χ0n) is 20.8. The Labute approximate surface area is 222 Å². The summed E-state index contributed by atoms with van der Waals surface area (Å²) in [4.78, 5) is 30.9. The number of para-hydroxylation sites is 1. The summed E-state index contributed by atoms with van der Waals surface area (Å²) in [6.45, 7) is 3.29. The van der Waals surface area contributed by atoms with Crippen molar-refractivity contribution in [2.75, 3.05) is 6.61 Å².